The van der Waals surface area contributed by atoms with E-state index >= 15 is 0 Å². The van der Waals surface area contributed by atoms with Gasteiger partial charge in [0.05, 0.1) is 30.0 Å². The van der Waals surface area contributed by atoms with Crippen LogP contribution in [0.25, 0.3) is 16.7 Å². The van der Waals surface area contributed by atoms with Crippen molar-refractivity contribution in [3.05, 3.63) is 83.5 Å². The third-order valence-corrected chi connectivity index (χ3v) is 7.59. The normalized spacial score (nSPS) is 12.9. The highest BCUT2D eigenvalue weighted by molar-refractivity contribution is 7.90. The number of sulfone groups is 1. The summed E-state index contributed by atoms with van der Waals surface area (Å²) in [6.07, 6.45) is 5.63. The lowest BCUT2D eigenvalue weighted by Gasteiger charge is -2.16. The van der Waals surface area contributed by atoms with Gasteiger partial charge < -0.3 is 14.8 Å². The Hall–Kier alpha value is -3.52. The fraction of sp³-hybridized carbons (Fsp3) is 0.310. The molecule has 0 unspecified atom stereocenters. The van der Waals surface area contributed by atoms with E-state index in [4.69, 9.17) is 14.5 Å². The maximum Gasteiger partial charge on any atom is 0.147 e. The monoisotopic (exact) mass is 517 g/mol. The third-order valence-electron chi connectivity index (χ3n) is 6.56. The van der Waals surface area contributed by atoms with Crippen molar-refractivity contribution in [3.63, 3.8) is 0 Å². The zero-order valence-electron chi connectivity index (χ0n) is 21.4. The summed E-state index contributed by atoms with van der Waals surface area (Å²) in [6.45, 7) is 5.74. The maximum absolute atomic E-state index is 11.4. The van der Waals surface area contributed by atoms with Crippen LogP contribution in [-0.4, -0.2) is 43.2 Å². The number of nitrogens with zero attached hydrogens (tertiary/aromatic N) is 2. The van der Waals surface area contributed by atoms with Gasteiger partial charge in [-0.3, -0.25) is 4.57 Å². The number of aromatic nitrogens is 2. The molecule has 7 nitrogen and oxygen atoms in total. The molecule has 1 aliphatic heterocycles. The van der Waals surface area contributed by atoms with Crippen LogP contribution in [0.3, 0.4) is 0 Å². The average molecular weight is 518 g/mol. The first-order valence-electron chi connectivity index (χ1n) is 12.5. The van der Waals surface area contributed by atoms with E-state index in [-0.39, 0.29) is 5.75 Å². The molecule has 0 amide bonds. The summed E-state index contributed by atoms with van der Waals surface area (Å²) in [7, 11) is -3.01. The molecule has 8 heteroatoms. The van der Waals surface area contributed by atoms with E-state index in [1.165, 1.54) is 17.4 Å². The Bertz CT molecular complexity index is 1540. The third kappa shape index (κ3) is 5.44. The Morgan fingerprint density at radius 3 is 2.81 bits per heavy atom. The zero-order valence-corrected chi connectivity index (χ0v) is 22.2. The lowest BCUT2D eigenvalue weighted by atomic mass is 10.1. The number of nitrogens with one attached hydrogen (secondary N) is 1. The van der Waals surface area contributed by atoms with E-state index in [0.717, 1.165) is 46.0 Å². The molecule has 37 heavy (non-hydrogen) atoms. The molecule has 1 aromatic heterocycles. The second kappa shape index (κ2) is 10.5. The number of ether oxygens (including phenoxy) is 2. The maximum atomic E-state index is 11.4. The first-order chi connectivity index (χ1) is 17.8. The van der Waals surface area contributed by atoms with Gasteiger partial charge in [-0.2, -0.15) is 0 Å². The predicted octanol–water partition coefficient (Wildman–Crippen LogP) is 5.14. The van der Waals surface area contributed by atoms with Gasteiger partial charge in [0.2, 0.25) is 0 Å². The topological polar surface area (TPSA) is 82.5 Å². The Morgan fingerprint density at radius 2 is 2.00 bits per heavy atom. The van der Waals surface area contributed by atoms with Crippen molar-refractivity contribution < 1.29 is 17.9 Å². The Kier molecular flexibility index (Phi) is 7.11. The van der Waals surface area contributed by atoms with Gasteiger partial charge in [-0.1, -0.05) is 31.2 Å². The number of aryl methyl sites for hydroxylation is 1. The molecule has 0 aliphatic carbocycles. The van der Waals surface area contributed by atoms with Crippen molar-refractivity contribution >= 4 is 26.6 Å². The molecule has 1 N–H and O–H groups in total. The van der Waals surface area contributed by atoms with E-state index in [2.05, 4.69) is 54.4 Å². The molecule has 3 aromatic carbocycles. The van der Waals surface area contributed by atoms with Gasteiger partial charge in [-0.15, -0.1) is 0 Å². The van der Waals surface area contributed by atoms with Gasteiger partial charge in [0.15, 0.2) is 0 Å². The first-order valence-corrected chi connectivity index (χ1v) is 14.5. The minimum atomic E-state index is -3.01. The first kappa shape index (κ1) is 25.1. The summed E-state index contributed by atoms with van der Waals surface area (Å²) >= 11 is 0. The SMILES string of the molecule is CCc1nc2c(OCCCS(C)(=O)=O)cccc2n1-c1cccc(CNc2ccc3c(c2)OC[C]3)c1C. The number of fused-ring (bicyclic) bond motifs is 2. The summed E-state index contributed by atoms with van der Waals surface area (Å²) in [5.41, 5.74) is 7.21. The van der Waals surface area contributed by atoms with Crippen LogP contribution in [0.4, 0.5) is 5.69 Å². The van der Waals surface area contributed by atoms with Crippen LogP contribution in [0.1, 0.15) is 35.9 Å². The van der Waals surface area contributed by atoms with E-state index in [0.29, 0.717) is 31.9 Å². The molecule has 0 spiro atoms. The minimum Gasteiger partial charge on any atom is -0.492 e. The molecular formula is C29H31N3O4S. The molecule has 192 valence electrons. The van der Waals surface area contributed by atoms with Crippen LogP contribution in [0, 0.1) is 13.3 Å². The zero-order chi connectivity index (χ0) is 26.0. The highest BCUT2D eigenvalue weighted by Crippen LogP contribution is 2.32. The predicted molar refractivity (Wildman–Crippen MR) is 147 cm³/mol. The highest BCUT2D eigenvalue weighted by Gasteiger charge is 2.18. The van der Waals surface area contributed by atoms with Crippen molar-refractivity contribution in [1.82, 2.24) is 9.55 Å². The Labute approximate surface area is 218 Å². The molecule has 0 fully saturated rings. The fourth-order valence-corrected chi connectivity index (χ4v) is 5.28. The summed E-state index contributed by atoms with van der Waals surface area (Å²) < 4.78 is 36.7. The van der Waals surface area contributed by atoms with Gasteiger partial charge in [0.25, 0.3) is 0 Å². The van der Waals surface area contributed by atoms with Crippen LogP contribution in [-0.2, 0) is 22.8 Å². The fourth-order valence-electron chi connectivity index (χ4n) is 4.64. The van der Waals surface area contributed by atoms with Crippen molar-refractivity contribution in [2.24, 2.45) is 0 Å². The molecule has 4 aromatic rings. The number of imidazole rings is 1. The average Bonchev–Trinajstić information content (AvgIpc) is 3.50. The van der Waals surface area contributed by atoms with Gasteiger partial charge in [-0.25, -0.2) is 13.4 Å². The van der Waals surface area contributed by atoms with Crippen molar-refractivity contribution in [2.45, 2.75) is 33.2 Å². The number of para-hydroxylation sites is 1. The highest BCUT2D eigenvalue weighted by atomic mass is 32.2. The van der Waals surface area contributed by atoms with E-state index < -0.39 is 9.84 Å². The van der Waals surface area contributed by atoms with Crippen LogP contribution in [0.5, 0.6) is 11.5 Å². The minimum absolute atomic E-state index is 0.104. The second-order valence-corrected chi connectivity index (χ2v) is 11.5. The molecule has 0 saturated heterocycles. The van der Waals surface area contributed by atoms with Gasteiger partial charge >= 0.3 is 0 Å². The lowest BCUT2D eigenvalue weighted by molar-refractivity contribution is 0.321. The summed E-state index contributed by atoms with van der Waals surface area (Å²) in [4.78, 5) is 4.92. The number of anilines is 1. The van der Waals surface area contributed by atoms with E-state index in [9.17, 15) is 8.42 Å². The molecular weight excluding hydrogens is 486 g/mol. The van der Waals surface area contributed by atoms with Crippen LogP contribution in [0.2, 0.25) is 0 Å². The van der Waals surface area contributed by atoms with Crippen molar-refractivity contribution in [1.29, 1.82) is 0 Å². The standard InChI is InChI=1S/C29H31N3O4S/c1-4-28-31-29-25(10-6-11-26(29)35-15-7-17-37(3,33)34)32(28)24-9-5-8-22(20(24)2)19-30-23-13-12-21-14-16-36-27(21)18-23/h5-6,8-13,18,30H,4,7,15-17,19H2,1-3H3. The number of benzene rings is 3. The number of hydrogen-bond donors (Lipinski definition) is 1. The molecule has 5 rings (SSSR count). The Balaban J connectivity index is 1.41. The molecule has 1 aliphatic rings. The van der Waals surface area contributed by atoms with Crippen LogP contribution < -0.4 is 14.8 Å². The van der Waals surface area contributed by atoms with Crippen molar-refractivity contribution in [2.75, 3.05) is 30.5 Å². The summed E-state index contributed by atoms with van der Waals surface area (Å²) in [5, 5.41) is 3.52. The molecule has 0 bridgehead atoms. The lowest BCUT2D eigenvalue weighted by Crippen LogP contribution is -2.08. The summed E-state index contributed by atoms with van der Waals surface area (Å²) in [6, 6.07) is 18.3. The van der Waals surface area contributed by atoms with Gasteiger partial charge in [0.1, 0.15) is 39.3 Å². The van der Waals surface area contributed by atoms with Crippen LogP contribution >= 0.6 is 0 Å². The number of rotatable bonds is 10. The molecule has 0 atom stereocenters. The smallest absolute Gasteiger partial charge is 0.147 e. The number of hydrogen-bond acceptors (Lipinski definition) is 6. The van der Waals surface area contributed by atoms with Crippen LogP contribution in [0.15, 0.2) is 54.6 Å². The molecule has 2 heterocycles. The van der Waals surface area contributed by atoms with Gasteiger partial charge in [-0.05, 0) is 48.7 Å². The van der Waals surface area contributed by atoms with E-state index in [1.54, 1.807) is 0 Å². The molecule has 2 radical (unpaired) electrons. The van der Waals surface area contributed by atoms with E-state index in [1.807, 2.05) is 30.3 Å². The Morgan fingerprint density at radius 1 is 1.16 bits per heavy atom. The quantitative estimate of drug-likeness (QED) is 0.293. The van der Waals surface area contributed by atoms with Crippen molar-refractivity contribution in [3.8, 4) is 17.2 Å². The molecule has 0 saturated carbocycles. The summed E-state index contributed by atoms with van der Waals surface area (Å²) in [5.74, 6) is 2.58. The largest absolute Gasteiger partial charge is 0.492 e. The second-order valence-electron chi connectivity index (χ2n) is 9.26. The van der Waals surface area contributed by atoms with Gasteiger partial charge in [0, 0.05) is 36.5 Å².